The van der Waals surface area contributed by atoms with Gasteiger partial charge < -0.3 is 39.8 Å². The van der Waals surface area contributed by atoms with Gasteiger partial charge in [-0.3, -0.25) is 9.59 Å². The maximum absolute atomic E-state index is 15.3. The van der Waals surface area contributed by atoms with E-state index in [4.69, 9.17) is 19.2 Å². The van der Waals surface area contributed by atoms with E-state index in [0.717, 1.165) is 5.56 Å². The maximum Gasteiger partial charge on any atom is 0.408 e. The van der Waals surface area contributed by atoms with Gasteiger partial charge in [0.25, 0.3) is 5.56 Å². The number of hydrogen-bond acceptors (Lipinski definition) is 10. The summed E-state index contributed by atoms with van der Waals surface area (Å²) in [6.45, 7) is 9.78. The Morgan fingerprint density at radius 3 is 2.53 bits per heavy atom. The van der Waals surface area contributed by atoms with Gasteiger partial charge in [0.2, 0.25) is 5.91 Å². The molecule has 2 aliphatic heterocycles. The van der Waals surface area contributed by atoms with Crippen LogP contribution in [0.5, 0.6) is 0 Å². The van der Waals surface area contributed by atoms with Crippen LogP contribution in [0.2, 0.25) is 0 Å². The molecule has 0 saturated carbocycles. The molecule has 4 heterocycles. The number of ether oxygens (including phenoxy) is 3. The number of carbonyl (C=O) groups excluding carboxylic acids is 4. The van der Waals surface area contributed by atoms with E-state index >= 15 is 4.39 Å². The van der Waals surface area contributed by atoms with E-state index in [9.17, 15) is 29.1 Å². The third-order valence-corrected chi connectivity index (χ3v) is 10.4. The van der Waals surface area contributed by atoms with E-state index in [-0.39, 0.29) is 37.3 Å². The largest absolute Gasteiger partial charge is 0.458 e. The van der Waals surface area contributed by atoms with Gasteiger partial charge in [-0.1, -0.05) is 19.1 Å². The lowest BCUT2D eigenvalue weighted by Gasteiger charge is -2.31. The summed E-state index contributed by atoms with van der Waals surface area (Å²) in [6.07, 6.45) is -0.534. The van der Waals surface area contributed by atoms with Crippen molar-refractivity contribution in [2.45, 2.75) is 104 Å². The normalized spacial score (nSPS) is 18.7. The van der Waals surface area contributed by atoms with Gasteiger partial charge >= 0.3 is 18.2 Å². The number of cyclic esters (lactones) is 1. The summed E-state index contributed by atoms with van der Waals surface area (Å²) in [5.74, 6) is -1.70. The maximum atomic E-state index is 15.3. The average molecular weight is 756 g/mol. The molecule has 55 heavy (non-hydrogen) atoms. The van der Waals surface area contributed by atoms with Crippen LogP contribution < -0.4 is 21.5 Å². The van der Waals surface area contributed by atoms with Crippen LogP contribution in [0.1, 0.15) is 92.4 Å². The molecule has 4 aromatic rings. The highest BCUT2D eigenvalue weighted by Gasteiger charge is 2.46. The summed E-state index contributed by atoms with van der Waals surface area (Å²) in [6, 6.07) is 8.18. The fourth-order valence-corrected chi connectivity index (χ4v) is 7.52. The minimum atomic E-state index is -2.01. The first-order chi connectivity index (χ1) is 26.0. The van der Waals surface area contributed by atoms with Gasteiger partial charge in [-0.05, 0) is 94.3 Å². The van der Waals surface area contributed by atoms with E-state index in [1.807, 2.05) is 0 Å². The highest BCUT2D eigenvalue weighted by atomic mass is 19.1. The number of rotatable bonds is 7. The number of aliphatic hydroxyl groups is 1. The molecular formula is C40H42FN5O9. The predicted molar refractivity (Wildman–Crippen MR) is 198 cm³/mol. The molecule has 0 unspecified atom stereocenters. The van der Waals surface area contributed by atoms with Crippen molar-refractivity contribution in [3.8, 4) is 11.4 Å². The van der Waals surface area contributed by atoms with Crippen LogP contribution in [0.4, 0.5) is 19.7 Å². The fourth-order valence-electron chi connectivity index (χ4n) is 7.52. The van der Waals surface area contributed by atoms with Crippen LogP contribution in [0.3, 0.4) is 0 Å². The first-order valence-corrected chi connectivity index (χ1v) is 18.1. The Balaban J connectivity index is 1.10. The van der Waals surface area contributed by atoms with Crippen molar-refractivity contribution in [2.75, 3.05) is 5.32 Å². The van der Waals surface area contributed by atoms with E-state index in [1.54, 1.807) is 65.0 Å². The molecule has 2 aromatic heterocycles. The number of aryl methyl sites for hydroxylation is 1. The summed E-state index contributed by atoms with van der Waals surface area (Å²) >= 11 is 0. The lowest BCUT2D eigenvalue weighted by Crippen LogP contribution is -2.44. The summed E-state index contributed by atoms with van der Waals surface area (Å²) in [7, 11) is 0. The molecule has 288 valence electrons. The first-order valence-electron chi connectivity index (χ1n) is 18.1. The number of carbonyl (C=O) groups is 4. The standard InChI is InChI=1S/C40H42FN5O9/c1-7-40(52)26-14-30-33-24(16-46(30)35(48)25(26)18-53-36(40)49)32-28(13-12-23-19(2)27(41)15-29(44-33)31(23)32)45-37(50)54-17-21-8-10-22(11-9-21)43-34(47)20(3)42-38(51)55-39(4,5)6/h8-11,14-15,20,28,52H,7,12-13,16-18H2,1-6H3,(H,42,51)(H,43,47)(H,45,50)/t20-,28+,40+/m1/s1. The predicted octanol–water partition coefficient (Wildman–Crippen LogP) is 5.29. The molecule has 4 N–H and O–H groups in total. The zero-order valence-electron chi connectivity index (χ0n) is 31.3. The Hall–Kier alpha value is -5.83. The third kappa shape index (κ3) is 6.77. The van der Waals surface area contributed by atoms with Gasteiger partial charge in [-0.2, -0.15) is 0 Å². The Bertz CT molecular complexity index is 2350. The monoisotopic (exact) mass is 755 g/mol. The number of aromatic nitrogens is 2. The molecule has 0 spiro atoms. The number of fused-ring (bicyclic) bond motifs is 5. The summed E-state index contributed by atoms with van der Waals surface area (Å²) in [4.78, 5) is 69.4. The van der Waals surface area contributed by atoms with Gasteiger partial charge in [-0.15, -0.1) is 0 Å². The summed E-state index contributed by atoms with van der Waals surface area (Å²) in [5.41, 5.74) is 2.09. The number of halogens is 1. The number of pyridine rings is 2. The van der Waals surface area contributed by atoms with Crippen LogP contribution in [0, 0.1) is 12.7 Å². The molecular weight excluding hydrogens is 713 g/mol. The molecule has 7 rings (SSSR count). The molecule has 3 amide bonds. The second-order valence-electron chi connectivity index (χ2n) is 15.2. The molecule has 3 atom stereocenters. The molecule has 15 heteroatoms. The van der Waals surface area contributed by atoms with Crippen LogP contribution in [0.25, 0.3) is 22.3 Å². The molecule has 2 aromatic carbocycles. The zero-order chi connectivity index (χ0) is 39.6. The molecule has 0 radical (unpaired) electrons. The van der Waals surface area contributed by atoms with Gasteiger partial charge in [0.05, 0.1) is 35.1 Å². The number of alkyl carbamates (subject to hydrolysis) is 2. The van der Waals surface area contributed by atoms with Crippen LogP contribution in [-0.4, -0.2) is 50.4 Å². The SMILES string of the molecule is CC[C@@]1(O)C(=O)OCc2c1cc1n(c2=O)Cc2c-1nc1cc(F)c(C)c3c1c2[C@@H](NC(=O)OCc1ccc(NC(=O)[C@@H](C)NC(=O)OC(C)(C)C)cc1)CC3. The number of hydrogen-bond donors (Lipinski definition) is 4. The highest BCUT2D eigenvalue weighted by Crippen LogP contribution is 2.46. The first kappa shape index (κ1) is 37.5. The number of amides is 3. The van der Waals surface area contributed by atoms with Crippen molar-refractivity contribution in [3.63, 3.8) is 0 Å². The van der Waals surface area contributed by atoms with Gasteiger partial charge in [0.15, 0.2) is 5.60 Å². The third-order valence-electron chi connectivity index (χ3n) is 10.4. The van der Waals surface area contributed by atoms with E-state index < -0.39 is 58.7 Å². The Labute approximate surface area is 315 Å². The van der Waals surface area contributed by atoms with Crippen molar-refractivity contribution in [1.29, 1.82) is 0 Å². The molecule has 3 aliphatic rings. The van der Waals surface area contributed by atoms with Crippen LogP contribution >= 0.6 is 0 Å². The van der Waals surface area contributed by atoms with Gasteiger partial charge in [0.1, 0.15) is 30.7 Å². The van der Waals surface area contributed by atoms with Gasteiger partial charge in [-0.25, -0.2) is 23.8 Å². The zero-order valence-corrected chi connectivity index (χ0v) is 31.3. The van der Waals surface area contributed by atoms with E-state index in [1.165, 1.54) is 17.6 Å². The summed E-state index contributed by atoms with van der Waals surface area (Å²) in [5, 5.41) is 20.2. The average Bonchev–Trinajstić information content (AvgIpc) is 3.50. The van der Waals surface area contributed by atoms with Gasteiger partial charge in [0, 0.05) is 28.3 Å². The summed E-state index contributed by atoms with van der Waals surface area (Å²) < 4.78 is 32.8. The van der Waals surface area contributed by atoms with Crippen LogP contribution in [-0.2, 0) is 55.6 Å². The second-order valence-corrected chi connectivity index (χ2v) is 15.2. The van der Waals surface area contributed by atoms with Crippen molar-refractivity contribution >= 4 is 40.7 Å². The lowest BCUT2D eigenvalue weighted by atomic mass is 9.81. The minimum absolute atomic E-state index is 0.0119. The lowest BCUT2D eigenvalue weighted by molar-refractivity contribution is -0.172. The van der Waals surface area contributed by atoms with Crippen molar-refractivity contribution < 1.29 is 42.9 Å². The smallest absolute Gasteiger partial charge is 0.408 e. The highest BCUT2D eigenvalue weighted by molar-refractivity contribution is 5.96. The molecule has 14 nitrogen and oxygen atoms in total. The molecule has 0 bridgehead atoms. The molecule has 0 saturated heterocycles. The van der Waals surface area contributed by atoms with Crippen molar-refractivity contribution in [3.05, 3.63) is 91.5 Å². The molecule has 1 aliphatic carbocycles. The topological polar surface area (TPSA) is 187 Å². The molecule has 0 fully saturated rings. The van der Waals surface area contributed by atoms with Crippen LogP contribution in [0.15, 0.2) is 41.2 Å². The fraction of sp³-hybridized carbons (Fsp3) is 0.400. The Kier molecular flexibility index (Phi) is 9.40. The number of benzene rings is 2. The van der Waals surface area contributed by atoms with E-state index in [2.05, 4.69) is 16.0 Å². The number of nitrogens with zero attached hydrogens (tertiary/aromatic N) is 2. The number of anilines is 1. The van der Waals surface area contributed by atoms with Crippen molar-refractivity contribution in [1.82, 2.24) is 20.2 Å². The minimum Gasteiger partial charge on any atom is -0.458 e. The second kappa shape index (κ2) is 13.8. The van der Waals surface area contributed by atoms with E-state index in [0.29, 0.717) is 63.1 Å². The Morgan fingerprint density at radius 2 is 1.84 bits per heavy atom. The number of esters is 1. The Morgan fingerprint density at radius 1 is 1.11 bits per heavy atom. The quantitative estimate of drug-likeness (QED) is 0.126. The van der Waals surface area contributed by atoms with Crippen molar-refractivity contribution in [2.24, 2.45) is 0 Å². The number of nitrogens with one attached hydrogen (secondary N) is 3.